The number of hydrogen-bond donors (Lipinski definition) is 1. The van der Waals surface area contributed by atoms with Crippen LogP contribution in [0.4, 0.5) is 13.2 Å². The summed E-state index contributed by atoms with van der Waals surface area (Å²) in [4.78, 5) is 10.4. The summed E-state index contributed by atoms with van der Waals surface area (Å²) < 4.78 is 36.8. The van der Waals surface area contributed by atoms with Crippen molar-refractivity contribution in [3.8, 4) is 0 Å². The highest BCUT2D eigenvalue weighted by Gasteiger charge is 2.43. The van der Waals surface area contributed by atoms with Crippen molar-refractivity contribution in [2.24, 2.45) is 5.92 Å². The Labute approximate surface area is 96.4 Å². The summed E-state index contributed by atoms with van der Waals surface area (Å²) in [6.07, 6.45) is -2.58. The van der Waals surface area contributed by atoms with Gasteiger partial charge in [0, 0.05) is 0 Å². The SMILES string of the molecule is O=C(O)C(C/C=C/c1ccccc1)C(F)(F)F. The number of hydrogen-bond acceptors (Lipinski definition) is 1. The Morgan fingerprint density at radius 1 is 1.29 bits per heavy atom. The summed E-state index contributed by atoms with van der Waals surface area (Å²) >= 11 is 0. The molecule has 0 aliphatic carbocycles. The third-order valence-electron chi connectivity index (χ3n) is 2.17. The van der Waals surface area contributed by atoms with Crippen LogP contribution in [0.25, 0.3) is 6.08 Å². The lowest BCUT2D eigenvalue weighted by Gasteiger charge is -2.13. The van der Waals surface area contributed by atoms with Crippen molar-refractivity contribution in [2.75, 3.05) is 0 Å². The number of halogens is 3. The highest BCUT2D eigenvalue weighted by atomic mass is 19.4. The number of alkyl halides is 3. The molecule has 2 nitrogen and oxygen atoms in total. The molecule has 0 aliphatic rings. The standard InChI is InChI=1S/C12H11F3O2/c13-12(14,15)10(11(16)17)8-4-7-9-5-2-1-3-6-9/h1-7,10H,8H2,(H,16,17)/b7-4+. The summed E-state index contributed by atoms with van der Waals surface area (Å²) in [6, 6.07) is 8.73. The lowest BCUT2D eigenvalue weighted by molar-refractivity contribution is -0.192. The van der Waals surface area contributed by atoms with Gasteiger partial charge in [-0.25, -0.2) is 0 Å². The predicted molar refractivity (Wildman–Crippen MR) is 57.3 cm³/mol. The average molecular weight is 244 g/mol. The Morgan fingerprint density at radius 2 is 1.88 bits per heavy atom. The first-order chi connectivity index (χ1) is 7.91. The maximum absolute atomic E-state index is 12.3. The van der Waals surface area contributed by atoms with E-state index in [9.17, 15) is 18.0 Å². The second-order valence-corrected chi connectivity index (χ2v) is 3.48. The first kappa shape index (κ1) is 13.3. The van der Waals surface area contributed by atoms with E-state index in [2.05, 4.69) is 0 Å². The summed E-state index contributed by atoms with van der Waals surface area (Å²) in [5, 5.41) is 8.45. The van der Waals surface area contributed by atoms with E-state index in [-0.39, 0.29) is 0 Å². The van der Waals surface area contributed by atoms with Crippen molar-refractivity contribution in [1.29, 1.82) is 0 Å². The van der Waals surface area contributed by atoms with Crippen molar-refractivity contribution in [2.45, 2.75) is 12.6 Å². The van der Waals surface area contributed by atoms with Gasteiger partial charge >= 0.3 is 12.1 Å². The Morgan fingerprint density at radius 3 is 2.35 bits per heavy atom. The molecule has 17 heavy (non-hydrogen) atoms. The maximum atomic E-state index is 12.3. The molecule has 1 N–H and O–H groups in total. The normalized spacial score (nSPS) is 13.8. The largest absolute Gasteiger partial charge is 0.481 e. The van der Waals surface area contributed by atoms with Crippen molar-refractivity contribution in [3.63, 3.8) is 0 Å². The first-order valence-corrected chi connectivity index (χ1v) is 4.92. The molecule has 0 heterocycles. The molecule has 1 atom stereocenters. The highest BCUT2D eigenvalue weighted by molar-refractivity contribution is 5.71. The van der Waals surface area contributed by atoms with Crippen LogP contribution < -0.4 is 0 Å². The second kappa shape index (κ2) is 5.52. The minimum Gasteiger partial charge on any atom is -0.481 e. The fraction of sp³-hybridized carbons (Fsp3) is 0.250. The summed E-state index contributed by atoms with van der Waals surface area (Å²) in [5.74, 6) is -4.20. The molecule has 92 valence electrons. The fourth-order valence-electron chi connectivity index (χ4n) is 1.28. The zero-order chi connectivity index (χ0) is 12.9. The third-order valence-corrected chi connectivity index (χ3v) is 2.17. The van der Waals surface area contributed by atoms with Gasteiger partial charge in [-0.15, -0.1) is 0 Å². The number of carboxylic acid groups (broad SMARTS) is 1. The van der Waals surface area contributed by atoms with Crippen molar-refractivity contribution < 1.29 is 23.1 Å². The van der Waals surface area contributed by atoms with E-state index in [1.807, 2.05) is 0 Å². The van der Waals surface area contributed by atoms with Gasteiger partial charge < -0.3 is 5.11 Å². The maximum Gasteiger partial charge on any atom is 0.402 e. The van der Waals surface area contributed by atoms with E-state index in [1.54, 1.807) is 30.3 Å². The molecule has 0 fully saturated rings. The molecule has 5 heteroatoms. The van der Waals surface area contributed by atoms with Gasteiger partial charge in [-0.1, -0.05) is 42.5 Å². The van der Waals surface area contributed by atoms with Gasteiger partial charge in [-0.3, -0.25) is 4.79 Å². The Bertz CT molecular complexity index is 396. The van der Waals surface area contributed by atoms with Crippen LogP contribution in [0.2, 0.25) is 0 Å². The van der Waals surface area contributed by atoms with Crippen molar-refractivity contribution in [1.82, 2.24) is 0 Å². The molecule has 0 amide bonds. The molecule has 1 aromatic rings. The van der Waals surface area contributed by atoms with Crippen LogP contribution in [0.5, 0.6) is 0 Å². The highest BCUT2D eigenvalue weighted by Crippen LogP contribution is 2.29. The number of allylic oxidation sites excluding steroid dienone is 1. The van der Waals surface area contributed by atoms with Gasteiger partial charge in [0.1, 0.15) is 0 Å². The van der Waals surface area contributed by atoms with E-state index in [0.717, 1.165) is 5.56 Å². The summed E-state index contributed by atoms with van der Waals surface area (Å²) in [6.45, 7) is 0. The predicted octanol–water partition coefficient (Wildman–Crippen LogP) is 3.35. The fourth-order valence-corrected chi connectivity index (χ4v) is 1.28. The number of carbonyl (C=O) groups is 1. The van der Waals surface area contributed by atoms with Crippen LogP contribution in [0.15, 0.2) is 36.4 Å². The van der Waals surface area contributed by atoms with Crippen LogP contribution in [0.1, 0.15) is 12.0 Å². The van der Waals surface area contributed by atoms with Crippen LogP contribution in [0, 0.1) is 5.92 Å². The molecular formula is C12H11F3O2. The molecule has 0 aromatic heterocycles. The molecule has 0 saturated carbocycles. The van der Waals surface area contributed by atoms with Gasteiger partial charge in [0.2, 0.25) is 0 Å². The van der Waals surface area contributed by atoms with Crippen LogP contribution in [-0.2, 0) is 4.79 Å². The lowest BCUT2D eigenvalue weighted by Crippen LogP contribution is -2.29. The number of rotatable bonds is 4. The van der Waals surface area contributed by atoms with Crippen LogP contribution in [0.3, 0.4) is 0 Å². The van der Waals surface area contributed by atoms with E-state index < -0.39 is 24.5 Å². The zero-order valence-corrected chi connectivity index (χ0v) is 8.82. The summed E-state index contributed by atoms with van der Waals surface area (Å²) in [7, 11) is 0. The molecular weight excluding hydrogens is 233 g/mol. The van der Waals surface area contributed by atoms with E-state index in [4.69, 9.17) is 5.11 Å². The van der Waals surface area contributed by atoms with Gasteiger partial charge in [-0.2, -0.15) is 13.2 Å². The van der Waals surface area contributed by atoms with Crippen LogP contribution >= 0.6 is 0 Å². The Kier molecular flexibility index (Phi) is 4.31. The van der Waals surface area contributed by atoms with Crippen molar-refractivity contribution >= 4 is 12.0 Å². The lowest BCUT2D eigenvalue weighted by atomic mass is 10.0. The van der Waals surface area contributed by atoms with Crippen molar-refractivity contribution in [3.05, 3.63) is 42.0 Å². The number of benzene rings is 1. The second-order valence-electron chi connectivity index (χ2n) is 3.48. The third kappa shape index (κ3) is 4.30. The first-order valence-electron chi connectivity index (χ1n) is 4.92. The summed E-state index contributed by atoms with van der Waals surface area (Å²) in [5.41, 5.74) is 0.735. The number of carboxylic acids is 1. The van der Waals surface area contributed by atoms with Gasteiger partial charge in [0.25, 0.3) is 0 Å². The molecule has 0 saturated heterocycles. The van der Waals surface area contributed by atoms with Gasteiger partial charge in [-0.05, 0) is 12.0 Å². The molecule has 1 unspecified atom stereocenters. The monoisotopic (exact) mass is 244 g/mol. The number of aliphatic carboxylic acids is 1. The van der Waals surface area contributed by atoms with Crippen LogP contribution in [-0.4, -0.2) is 17.3 Å². The molecule has 0 radical (unpaired) electrons. The minimum atomic E-state index is -4.72. The topological polar surface area (TPSA) is 37.3 Å². The van der Waals surface area contributed by atoms with E-state index >= 15 is 0 Å². The molecule has 0 bridgehead atoms. The molecule has 0 aliphatic heterocycles. The smallest absolute Gasteiger partial charge is 0.402 e. The zero-order valence-electron chi connectivity index (χ0n) is 8.82. The average Bonchev–Trinajstić information content (AvgIpc) is 2.23. The van der Waals surface area contributed by atoms with E-state index in [1.165, 1.54) is 12.2 Å². The van der Waals surface area contributed by atoms with Gasteiger partial charge in [0.05, 0.1) is 0 Å². The van der Waals surface area contributed by atoms with Gasteiger partial charge in [0.15, 0.2) is 5.92 Å². The minimum absolute atomic E-state index is 0.562. The Balaban J connectivity index is 2.65. The van der Waals surface area contributed by atoms with E-state index in [0.29, 0.717) is 0 Å². The molecule has 0 spiro atoms. The quantitative estimate of drug-likeness (QED) is 0.881. The molecule has 1 rings (SSSR count). The Hall–Kier alpha value is -1.78. The molecule has 1 aromatic carbocycles.